The number of pyridine rings is 1. The molecule has 1 N–H and O–H groups in total. The summed E-state index contributed by atoms with van der Waals surface area (Å²) in [4.78, 5) is 4.51. The Hall–Kier alpha value is -0.830. The van der Waals surface area contributed by atoms with E-state index in [1.165, 1.54) is 17.7 Å². The van der Waals surface area contributed by atoms with Gasteiger partial charge in [0, 0.05) is 11.9 Å². The van der Waals surface area contributed by atoms with Gasteiger partial charge >= 0.3 is 0 Å². The number of nitrogens with one attached hydrogen (secondary N) is 1. The van der Waals surface area contributed by atoms with Crippen molar-refractivity contribution in [2.45, 2.75) is 60.3 Å². The zero-order chi connectivity index (χ0) is 15.7. The molecule has 0 fully saturated rings. The normalized spacial score (nSPS) is 18.3. The molecule has 2 rings (SSSR count). The van der Waals surface area contributed by atoms with Gasteiger partial charge in [0.2, 0.25) is 0 Å². The van der Waals surface area contributed by atoms with Gasteiger partial charge < -0.3 is 5.32 Å². The lowest BCUT2D eigenvalue weighted by molar-refractivity contribution is 0.321. The van der Waals surface area contributed by atoms with Crippen LogP contribution in [0.4, 0.5) is 5.82 Å². The SMILES string of the molecule is CC(C)(C)Cc1ccnc(NC2=CCCC(C)(C)C2)c1Br. The zero-order valence-electron chi connectivity index (χ0n) is 13.9. The lowest BCUT2D eigenvalue weighted by Crippen LogP contribution is -2.19. The minimum atomic E-state index is 0.271. The Labute approximate surface area is 137 Å². The summed E-state index contributed by atoms with van der Waals surface area (Å²) >= 11 is 3.74. The van der Waals surface area contributed by atoms with E-state index in [0.29, 0.717) is 5.41 Å². The van der Waals surface area contributed by atoms with Gasteiger partial charge in [0.05, 0.1) is 4.47 Å². The highest BCUT2D eigenvalue weighted by Crippen LogP contribution is 2.37. The second-order valence-electron chi connectivity index (χ2n) is 8.10. The Kier molecular flexibility index (Phi) is 4.82. The van der Waals surface area contributed by atoms with Crippen LogP contribution in [0.3, 0.4) is 0 Å². The number of rotatable bonds is 3. The molecule has 0 amide bonds. The number of hydrogen-bond donors (Lipinski definition) is 1. The molecular weight excluding hydrogens is 324 g/mol. The van der Waals surface area contributed by atoms with Crippen molar-refractivity contribution >= 4 is 21.7 Å². The average molecular weight is 351 g/mol. The van der Waals surface area contributed by atoms with Gasteiger partial charge in [-0.15, -0.1) is 0 Å². The lowest BCUT2D eigenvalue weighted by atomic mass is 9.79. The van der Waals surface area contributed by atoms with Crippen LogP contribution in [0, 0.1) is 10.8 Å². The van der Waals surface area contributed by atoms with Gasteiger partial charge in [-0.1, -0.05) is 40.7 Å². The fourth-order valence-electron chi connectivity index (χ4n) is 2.84. The Balaban J connectivity index is 2.18. The Bertz CT molecular complexity index is 539. The summed E-state index contributed by atoms with van der Waals surface area (Å²) in [6, 6.07) is 2.11. The topological polar surface area (TPSA) is 24.9 Å². The predicted octanol–water partition coefficient (Wildman–Crippen LogP) is 5.94. The molecule has 3 heteroatoms. The van der Waals surface area contributed by atoms with Gasteiger partial charge in [0.15, 0.2) is 0 Å². The van der Waals surface area contributed by atoms with Crippen molar-refractivity contribution < 1.29 is 0 Å². The first-order chi connectivity index (χ1) is 9.66. The standard InChI is InChI=1S/C18H27BrN2/c1-17(2,3)11-13-8-10-20-16(15(13)19)21-14-7-6-9-18(4,5)12-14/h7-8,10H,6,9,11-12H2,1-5H3,(H,20,21). The van der Waals surface area contributed by atoms with Gasteiger partial charge in [0.1, 0.15) is 5.82 Å². The van der Waals surface area contributed by atoms with E-state index in [2.05, 4.69) is 73.0 Å². The molecule has 0 aromatic carbocycles. The van der Waals surface area contributed by atoms with Crippen molar-refractivity contribution in [1.82, 2.24) is 4.98 Å². The van der Waals surface area contributed by atoms with E-state index in [0.717, 1.165) is 29.6 Å². The molecule has 1 aromatic heterocycles. The Morgan fingerprint density at radius 1 is 1.33 bits per heavy atom. The molecule has 2 nitrogen and oxygen atoms in total. The largest absolute Gasteiger partial charge is 0.343 e. The van der Waals surface area contributed by atoms with Crippen molar-refractivity contribution in [2.75, 3.05) is 5.32 Å². The zero-order valence-corrected chi connectivity index (χ0v) is 15.5. The van der Waals surface area contributed by atoms with Crippen LogP contribution in [0.1, 0.15) is 59.4 Å². The summed E-state index contributed by atoms with van der Waals surface area (Å²) in [5.74, 6) is 0.945. The molecule has 0 saturated carbocycles. The minimum absolute atomic E-state index is 0.271. The first-order valence-electron chi connectivity index (χ1n) is 7.76. The maximum absolute atomic E-state index is 4.51. The van der Waals surface area contributed by atoms with Gasteiger partial charge in [-0.2, -0.15) is 0 Å². The van der Waals surface area contributed by atoms with E-state index in [1.807, 2.05) is 6.20 Å². The van der Waals surface area contributed by atoms with Crippen LogP contribution in [0.15, 0.2) is 28.5 Å². The van der Waals surface area contributed by atoms with Crippen LogP contribution in [-0.2, 0) is 6.42 Å². The summed E-state index contributed by atoms with van der Waals surface area (Å²) in [6.07, 6.45) is 8.75. The van der Waals surface area contributed by atoms with E-state index in [1.54, 1.807) is 0 Å². The first-order valence-corrected chi connectivity index (χ1v) is 8.55. The van der Waals surface area contributed by atoms with Crippen molar-refractivity contribution in [1.29, 1.82) is 0 Å². The number of nitrogens with zero attached hydrogens (tertiary/aromatic N) is 1. The van der Waals surface area contributed by atoms with Crippen molar-refractivity contribution in [2.24, 2.45) is 10.8 Å². The molecule has 0 bridgehead atoms. The van der Waals surface area contributed by atoms with Crippen molar-refractivity contribution in [3.05, 3.63) is 34.1 Å². The van der Waals surface area contributed by atoms with Crippen LogP contribution in [0.25, 0.3) is 0 Å². The number of hydrogen-bond acceptors (Lipinski definition) is 2. The summed E-state index contributed by atoms with van der Waals surface area (Å²) < 4.78 is 1.10. The van der Waals surface area contributed by atoms with E-state index >= 15 is 0 Å². The number of aromatic nitrogens is 1. The molecule has 1 aliphatic carbocycles. The molecule has 0 unspecified atom stereocenters. The highest BCUT2D eigenvalue weighted by Gasteiger charge is 2.23. The van der Waals surface area contributed by atoms with Crippen molar-refractivity contribution in [3.63, 3.8) is 0 Å². The number of halogens is 1. The Morgan fingerprint density at radius 2 is 2.05 bits per heavy atom. The fraction of sp³-hybridized carbons (Fsp3) is 0.611. The van der Waals surface area contributed by atoms with Gasteiger partial charge in [-0.3, -0.25) is 0 Å². The van der Waals surface area contributed by atoms with E-state index in [9.17, 15) is 0 Å². The summed E-state index contributed by atoms with van der Waals surface area (Å²) in [7, 11) is 0. The third-order valence-electron chi connectivity index (χ3n) is 3.85. The maximum atomic E-state index is 4.51. The average Bonchev–Trinajstić information content (AvgIpc) is 2.31. The molecule has 0 radical (unpaired) electrons. The fourth-order valence-corrected chi connectivity index (χ4v) is 3.31. The molecule has 0 atom stereocenters. The summed E-state index contributed by atoms with van der Waals surface area (Å²) in [6.45, 7) is 11.5. The van der Waals surface area contributed by atoms with E-state index in [-0.39, 0.29) is 5.41 Å². The second-order valence-corrected chi connectivity index (χ2v) is 8.90. The minimum Gasteiger partial charge on any atom is -0.343 e. The predicted molar refractivity (Wildman–Crippen MR) is 94.4 cm³/mol. The molecule has 116 valence electrons. The smallest absolute Gasteiger partial charge is 0.144 e. The van der Waals surface area contributed by atoms with Gasteiger partial charge in [-0.25, -0.2) is 4.98 Å². The van der Waals surface area contributed by atoms with Crippen LogP contribution in [0.2, 0.25) is 0 Å². The number of anilines is 1. The molecule has 0 saturated heterocycles. The third kappa shape index (κ3) is 4.84. The van der Waals surface area contributed by atoms with Crippen LogP contribution >= 0.6 is 15.9 Å². The first kappa shape index (κ1) is 16.5. The quantitative estimate of drug-likeness (QED) is 0.729. The van der Waals surface area contributed by atoms with Crippen LogP contribution in [-0.4, -0.2) is 4.98 Å². The highest BCUT2D eigenvalue weighted by atomic mass is 79.9. The molecule has 0 aliphatic heterocycles. The molecule has 1 aromatic rings. The summed E-state index contributed by atoms with van der Waals surface area (Å²) in [5, 5.41) is 3.53. The van der Waals surface area contributed by atoms with Gasteiger partial charge in [0.25, 0.3) is 0 Å². The van der Waals surface area contributed by atoms with Gasteiger partial charge in [-0.05, 0) is 64.1 Å². The molecule has 21 heavy (non-hydrogen) atoms. The third-order valence-corrected chi connectivity index (χ3v) is 4.73. The maximum Gasteiger partial charge on any atom is 0.144 e. The molecule has 0 spiro atoms. The highest BCUT2D eigenvalue weighted by molar-refractivity contribution is 9.10. The lowest BCUT2D eigenvalue weighted by Gasteiger charge is -2.30. The van der Waals surface area contributed by atoms with Crippen molar-refractivity contribution in [3.8, 4) is 0 Å². The Morgan fingerprint density at radius 3 is 2.67 bits per heavy atom. The number of allylic oxidation sites excluding steroid dienone is 2. The molecule has 1 heterocycles. The molecular formula is C18H27BrN2. The van der Waals surface area contributed by atoms with Crippen LogP contribution in [0.5, 0.6) is 0 Å². The van der Waals surface area contributed by atoms with E-state index in [4.69, 9.17) is 0 Å². The van der Waals surface area contributed by atoms with Crippen LogP contribution < -0.4 is 5.32 Å². The second kappa shape index (κ2) is 6.12. The molecule has 1 aliphatic rings. The van der Waals surface area contributed by atoms with E-state index < -0.39 is 0 Å². The summed E-state index contributed by atoms with van der Waals surface area (Å²) in [5.41, 5.74) is 3.27. The monoisotopic (exact) mass is 350 g/mol.